The minimum absolute atomic E-state index is 0.198. The lowest BCUT2D eigenvalue weighted by molar-refractivity contribution is -0.116. The number of hydrogen-bond acceptors (Lipinski definition) is 5. The van der Waals surface area contributed by atoms with Crippen LogP contribution in [0.2, 0.25) is 0 Å². The van der Waals surface area contributed by atoms with Crippen LogP contribution < -0.4 is 10.6 Å². The molecule has 7 heteroatoms. The Balaban J connectivity index is 1.87. The van der Waals surface area contributed by atoms with E-state index in [2.05, 4.69) is 15.4 Å². The Morgan fingerprint density at radius 1 is 0.893 bits per heavy atom. The number of nitrogens with one attached hydrogen (secondary N) is 2. The molecule has 0 atom stereocenters. The van der Waals surface area contributed by atoms with Crippen LogP contribution in [0.5, 0.6) is 0 Å². The molecule has 2 aromatic carbocycles. The first-order valence-corrected chi connectivity index (χ1v) is 9.35. The van der Waals surface area contributed by atoms with E-state index in [4.69, 9.17) is 0 Å². The Labute approximate surface area is 166 Å². The summed E-state index contributed by atoms with van der Waals surface area (Å²) < 4.78 is 4.44. The number of methoxy groups -OCH3 is 1. The summed E-state index contributed by atoms with van der Waals surface area (Å²) in [6.45, 7) is 0. The van der Waals surface area contributed by atoms with Crippen LogP contribution >= 0.6 is 11.3 Å². The predicted octanol–water partition coefficient (Wildman–Crippen LogP) is 4.01. The molecule has 0 aliphatic rings. The maximum atomic E-state index is 13.1. The van der Waals surface area contributed by atoms with Gasteiger partial charge >= 0.3 is 6.09 Å². The van der Waals surface area contributed by atoms with Gasteiger partial charge in [0.2, 0.25) is 5.91 Å². The zero-order chi connectivity index (χ0) is 19.9. The van der Waals surface area contributed by atoms with Gasteiger partial charge in [-0.05, 0) is 22.6 Å². The highest BCUT2D eigenvalue weighted by Crippen LogP contribution is 2.29. The van der Waals surface area contributed by atoms with Crippen molar-refractivity contribution in [3.05, 3.63) is 88.8 Å². The van der Waals surface area contributed by atoms with Crippen molar-refractivity contribution >= 4 is 34.2 Å². The number of hydrogen-bond donors (Lipinski definition) is 2. The van der Waals surface area contributed by atoms with E-state index in [1.165, 1.54) is 18.4 Å². The second kappa shape index (κ2) is 8.96. The van der Waals surface area contributed by atoms with Gasteiger partial charge in [-0.1, -0.05) is 60.7 Å². The van der Waals surface area contributed by atoms with Crippen LogP contribution in [-0.2, 0) is 9.53 Å². The maximum absolute atomic E-state index is 13.1. The van der Waals surface area contributed by atoms with Crippen molar-refractivity contribution in [3.8, 4) is 0 Å². The molecule has 0 fully saturated rings. The first-order chi connectivity index (χ1) is 13.6. The van der Waals surface area contributed by atoms with Gasteiger partial charge in [-0.2, -0.15) is 0 Å². The second-order valence-corrected chi connectivity index (χ2v) is 6.77. The summed E-state index contributed by atoms with van der Waals surface area (Å²) >= 11 is 1.20. The molecule has 2 N–H and O–H groups in total. The fourth-order valence-electron chi connectivity index (χ4n) is 2.77. The van der Waals surface area contributed by atoms with Gasteiger partial charge < -0.3 is 10.1 Å². The van der Waals surface area contributed by atoms with Crippen molar-refractivity contribution in [2.24, 2.45) is 0 Å². The molecular formula is C21H18N2O4S. The first kappa shape index (κ1) is 19.3. The lowest BCUT2D eigenvalue weighted by Crippen LogP contribution is -2.31. The number of imide groups is 1. The summed E-state index contributed by atoms with van der Waals surface area (Å²) in [6, 6.07) is 20.4. The quantitative estimate of drug-likeness (QED) is 0.685. The van der Waals surface area contributed by atoms with Crippen LogP contribution in [0.3, 0.4) is 0 Å². The molecule has 142 valence electrons. The minimum Gasteiger partial charge on any atom is -0.453 e. The Morgan fingerprint density at radius 3 is 2.00 bits per heavy atom. The molecule has 0 aliphatic carbocycles. The molecule has 0 spiro atoms. The number of carbonyl (C=O) groups excluding carboxylic acids is 3. The third-order valence-corrected chi connectivity index (χ3v) is 4.91. The summed E-state index contributed by atoms with van der Waals surface area (Å²) in [5.74, 6) is -1.45. The molecule has 0 aliphatic heterocycles. The number of amides is 3. The van der Waals surface area contributed by atoms with Gasteiger partial charge in [0.15, 0.2) is 0 Å². The van der Waals surface area contributed by atoms with Crippen molar-refractivity contribution < 1.29 is 19.1 Å². The van der Waals surface area contributed by atoms with E-state index in [1.54, 1.807) is 11.4 Å². The Bertz CT molecular complexity index is 931. The number of anilines is 1. The van der Waals surface area contributed by atoms with E-state index in [0.717, 1.165) is 11.1 Å². The molecule has 0 saturated carbocycles. The molecule has 1 heterocycles. The van der Waals surface area contributed by atoms with E-state index >= 15 is 0 Å². The lowest BCUT2D eigenvalue weighted by Gasteiger charge is -2.18. The average Bonchev–Trinajstić information content (AvgIpc) is 3.18. The molecule has 0 unspecified atom stereocenters. The Hall–Kier alpha value is -3.45. The van der Waals surface area contributed by atoms with E-state index in [0.29, 0.717) is 5.00 Å². The zero-order valence-corrected chi connectivity index (χ0v) is 15.9. The van der Waals surface area contributed by atoms with Crippen LogP contribution in [0.1, 0.15) is 27.4 Å². The Kier molecular flexibility index (Phi) is 6.18. The average molecular weight is 394 g/mol. The molecule has 3 aromatic rings. The summed E-state index contributed by atoms with van der Waals surface area (Å²) in [6.07, 6.45) is -0.861. The SMILES string of the molecule is COC(=O)NC(=O)c1ccsc1NC(=O)C(c1ccccc1)c1ccccc1. The van der Waals surface area contributed by atoms with Gasteiger partial charge in [-0.3, -0.25) is 14.9 Å². The third-order valence-electron chi connectivity index (χ3n) is 4.08. The van der Waals surface area contributed by atoms with Crippen molar-refractivity contribution in [2.45, 2.75) is 5.92 Å². The van der Waals surface area contributed by atoms with Gasteiger partial charge in [-0.15, -0.1) is 11.3 Å². The number of benzene rings is 2. The normalized spacial score (nSPS) is 10.4. The number of ether oxygens (including phenoxy) is 1. The number of alkyl carbamates (subject to hydrolysis) is 1. The molecular weight excluding hydrogens is 376 g/mol. The molecule has 0 radical (unpaired) electrons. The highest BCUT2D eigenvalue weighted by atomic mass is 32.1. The zero-order valence-electron chi connectivity index (χ0n) is 15.0. The monoisotopic (exact) mass is 394 g/mol. The highest BCUT2D eigenvalue weighted by molar-refractivity contribution is 7.14. The summed E-state index contributed by atoms with van der Waals surface area (Å²) in [5, 5.41) is 6.95. The number of carbonyl (C=O) groups is 3. The van der Waals surface area contributed by atoms with E-state index in [-0.39, 0.29) is 11.5 Å². The largest absolute Gasteiger partial charge is 0.453 e. The van der Waals surface area contributed by atoms with Crippen LogP contribution in [0, 0.1) is 0 Å². The third kappa shape index (κ3) is 4.44. The molecule has 28 heavy (non-hydrogen) atoms. The van der Waals surface area contributed by atoms with Crippen molar-refractivity contribution in [3.63, 3.8) is 0 Å². The molecule has 3 rings (SSSR count). The summed E-state index contributed by atoms with van der Waals surface area (Å²) in [4.78, 5) is 36.7. The van der Waals surface area contributed by atoms with Crippen molar-refractivity contribution in [1.82, 2.24) is 5.32 Å². The standard InChI is InChI=1S/C21H18N2O4S/c1-27-21(26)23-18(24)16-12-13-28-20(16)22-19(25)17(14-8-4-2-5-9-14)15-10-6-3-7-11-15/h2-13,17H,1H3,(H,22,25)(H,23,24,26). The number of rotatable bonds is 5. The summed E-state index contributed by atoms with van der Waals surface area (Å²) in [7, 11) is 1.17. The molecule has 6 nitrogen and oxygen atoms in total. The molecule has 0 saturated heterocycles. The molecule has 0 bridgehead atoms. The maximum Gasteiger partial charge on any atom is 0.413 e. The minimum atomic E-state index is -0.861. The van der Waals surface area contributed by atoms with E-state index in [9.17, 15) is 14.4 Å². The second-order valence-electron chi connectivity index (χ2n) is 5.85. The first-order valence-electron chi connectivity index (χ1n) is 8.47. The topological polar surface area (TPSA) is 84.5 Å². The van der Waals surface area contributed by atoms with E-state index in [1.807, 2.05) is 60.7 Å². The van der Waals surface area contributed by atoms with Gasteiger partial charge in [0.05, 0.1) is 18.6 Å². The Morgan fingerprint density at radius 2 is 1.46 bits per heavy atom. The van der Waals surface area contributed by atoms with Crippen LogP contribution in [0.15, 0.2) is 72.1 Å². The van der Waals surface area contributed by atoms with Gasteiger partial charge in [0.1, 0.15) is 5.00 Å². The van der Waals surface area contributed by atoms with Gasteiger partial charge in [0, 0.05) is 0 Å². The van der Waals surface area contributed by atoms with Crippen molar-refractivity contribution in [1.29, 1.82) is 0 Å². The fourth-order valence-corrected chi connectivity index (χ4v) is 3.55. The highest BCUT2D eigenvalue weighted by Gasteiger charge is 2.25. The van der Waals surface area contributed by atoms with Gasteiger partial charge in [0.25, 0.3) is 5.91 Å². The van der Waals surface area contributed by atoms with Crippen LogP contribution in [0.25, 0.3) is 0 Å². The predicted molar refractivity (Wildman–Crippen MR) is 108 cm³/mol. The smallest absolute Gasteiger partial charge is 0.413 e. The van der Waals surface area contributed by atoms with E-state index < -0.39 is 17.9 Å². The lowest BCUT2D eigenvalue weighted by atomic mass is 9.90. The molecule has 3 amide bonds. The molecule has 1 aromatic heterocycles. The number of thiophene rings is 1. The van der Waals surface area contributed by atoms with Crippen LogP contribution in [-0.4, -0.2) is 25.0 Å². The van der Waals surface area contributed by atoms with Crippen LogP contribution in [0.4, 0.5) is 9.80 Å². The summed E-state index contributed by atoms with van der Waals surface area (Å²) in [5.41, 5.74) is 1.87. The fraction of sp³-hybridized carbons (Fsp3) is 0.0952. The van der Waals surface area contributed by atoms with Crippen molar-refractivity contribution in [2.75, 3.05) is 12.4 Å². The van der Waals surface area contributed by atoms with Gasteiger partial charge in [-0.25, -0.2) is 4.79 Å².